The van der Waals surface area contributed by atoms with Crippen LogP contribution in [0.4, 0.5) is 0 Å². The summed E-state index contributed by atoms with van der Waals surface area (Å²) >= 11 is 1.61. The van der Waals surface area contributed by atoms with Crippen molar-refractivity contribution in [3.8, 4) is 11.4 Å². The Morgan fingerprint density at radius 1 is 1.28 bits per heavy atom. The Morgan fingerprint density at radius 3 is 3.10 bits per heavy atom. The number of nitrogens with zero attached hydrogens (tertiary/aromatic N) is 3. The molecule has 2 atom stereocenters. The number of hydrogen-bond donors (Lipinski definition) is 0. The number of carbonyl (C=O) groups excluding carboxylic acids is 1. The monoisotopic (exact) mass is 409 g/mol. The van der Waals surface area contributed by atoms with E-state index in [9.17, 15) is 4.79 Å². The smallest absolute Gasteiger partial charge is 0.256 e. The van der Waals surface area contributed by atoms with E-state index in [2.05, 4.69) is 16.2 Å². The molecule has 0 N–H and O–H groups in total. The molecular formula is C22H23N3O3S. The van der Waals surface area contributed by atoms with Gasteiger partial charge >= 0.3 is 0 Å². The number of benzene rings is 1. The largest absolute Gasteiger partial charge is 0.363 e. The number of aromatic nitrogens is 2. The van der Waals surface area contributed by atoms with Gasteiger partial charge in [0.25, 0.3) is 5.91 Å². The first-order valence-electron chi connectivity index (χ1n) is 10.1. The first kappa shape index (κ1) is 18.5. The molecule has 1 saturated heterocycles. The van der Waals surface area contributed by atoms with Crippen LogP contribution >= 0.6 is 11.3 Å². The minimum atomic E-state index is -0.479. The standard InChI is InChI=1S/C22H23N3O3S/c26-22(20-18-6-2-1-5-16(18)7-10-27-20)25-9-3-4-15(13-25)12-19-23-21(24-28-19)17-8-11-29-14-17/h1-2,5-6,8,11,14-15,20H,3-4,7,9-10,12-13H2. The van der Waals surface area contributed by atoms with E-state index in [4.69, 9.17) is 9.26 Å². The Balaban J connectivity index is 1.26. The molecule has 0 saturated carbocycles. The van der Waals surface area contributed by atoms with Gasteiger partial charge in [-0.2, -0.15) is 16.3 Å². The van der Waals surface area contributed by atoms with Crippen LogP contribution in [0.3, 0.4) is 0 Å². The average molecular weight is 410 g/mol. The van der Waals surface area contributed by atoms with Gasteiger partial charge in [-0.1, -0.05) is 29.4 Å². The fourth-order valence-electron chi connectivity index (χ4n) is 4.29. The van der Waals surface area contributed by atoms with Crippen LogP contribution in [-0.4, -0.2) is 40.6 Å². The fourth-order valence-corrected chi connectivity index (χ4v) is 4.92. The molecule has 2 aliphatic heterocycles. The van der Waals surface area contributed by atoms with E-state index in [0.29, 0.717) is 37.2 Å². The van der Waals surface area contributed by atoms with Crippen molar-refractivity contribution >= 4 is 17.2 Å². The number of hydrogen-bond acceptors (Lipinski definition) is 6. The lowest BCUT2D eigenvalue weighted by Gasteiger charge is -2.36. The van der Waals surface area contributed by atoms with Gasteiger partial charge in [-0.05, 0) is 47.8 Å². The summed E-state index contributed by atoms with van der Waals surface area (Å²) in [4.78, 5) is 19.7. The van der Waals surface area contributed by atoms with Crippen LogP contribution in [0.1, 0.15) is 36.0 Å². The highest BCUT2D eigenvalue weighted by atomic mass is 32.1. The Hall–Kier alpha value is -2.51. The molecule has 0 bridgehead atoms. The number of ether oxygens (including phenoxy) is 1. The SMILES string of the molecule is O=C(C1OCCc2ccccc21)N1CCCC(Cc2nc(-c3ccsc3)no2)C1. The van der Waals surface area contributed by atoms with Gasteiger partial charge in [0.05, 0.1) is 6.61 Å². The second kappa shape index (κ2) is 8.08. The molecule has 0 aliphatic carbocycles. The van der Waals surface area contributed by atoms with E-state index in [1.165, 1.54) is 5.56 Å². The number of thiophene rings is 1. The number of fused-ring (bicyclic) bond motifs is 1. The molecule has 1 amide bonds. The van der Waals surface area contributed by atoms with Crippen molar-refractivity contribution in [2.24, 2.45) is 5.92 Å². The molecule has 1 aromatic carbocycles. The van der Waals surface area contributed by atoms with E-state index in [1.807, 2.05) is 39.9 Å². The molecule has 0 radical (unpaired) electrons. The molecule has 0 spiro atoms. The van der Waals surface area contributed by atoms with Crippen LogP contribution in [0.5, 0.6) is 0 Å². The first-order valence-corrected chi connectivity index (χ1v) is 11.1. The second-order valence-corrected chi connectivity index (χ2v) is 8.50. The third-order valence-electron chi connectivity index (χ3n) is 5.76. The number of carbonyl (C=O) groups is 1. The molecule has 1 fully saturated rings. The zero-order valence-corrected chi connectivity index (χ0v) is 16.9. The van der Waals surface area contributed by atoms with Gasteiger partial charge in [0.15, 0.2) is 6.10 Å². The maximum atomic E-state index is 13.2. The number of piperidine rings is 1. The van der Waals surface area contributed by atoms with E-state index in [1.54, 1.807) is 11.3 Å². The fraction of sp³-hybridized carbons (Fsp3) is 0.409. The van der Waals surface area contributed by atoms with Crippen LogP contribution in [0.25, 0.3) is 11.4 Å². The van der Waals surface area contributed by atoms with Crippen molar-refractivity contribution in [2.75, 3.05) is 19.7 Å². The third-order valence-corrected chi connectivity index (χ3v) is 6.44. The molecule has 6 nitrogen and oxygen atoms in total. The molecular weight excluding hydrogens is 386 g/mol. The zero-order chi connectivity index (χ0) is 19.6. The van der Waals surface area contributed by atoms with Crippen LogP contribution in [-0.2, 0) is 22.4 Å². The predicted octanol–water partition coefficient (Wildman–Crippen LogP) is 3.89. The molecule has 7 heteroatoms. The minimum Gasteiger partial charge on any atom is -0.363 e. The van der Waals surface area contributed by atoms with Gasteiger partial charge in [0.1, 0.15) is 0 Å². The summed E-state index contributed by atoms with van der Waals surface area (Å²) in [6.07, 6.45) is 3.13. The number of rotatable bonds is 4. The maximum absolute atomic E-state index is 13.2. The molecule has 4 heterocycles. The van der Waals surface area contributed by atoms with Crippen LogP contribution in [0.2, 0.25) is 0 Å². The van der Waals surface area contributed by atoms with Crippen molar-refractivity contribution in [1.82, 2.24) is 15.0 Å². The summed E-state index contributed by atoms with van der Waals surface area (Å²) in [5.74, 6) is 1.68. The van der Waals surface area contributed by atoms with E-state index in [-0.39, 0.29) is 5.91 Å². The predicted molar refractivity (Wildman–Crippen MR) is 109 cm³/mol. The quantitative estimate of drug-likeness (QED) is 0.654. The molecule has 150 valence electrons. The van der Waals surface area contributed by atoms with E-state index in [0.717, 1.165) is 36.9 Å². The summed E-state index contributed by atoms with van der Waals surface area (Å²) in [5.41, 5.74) is 3.22. The van der Waals surface area contributed by atoms with Crippen LogP contribution < -0.4 is 0 Å². The van der Waals surface area contributed by atoms with Gasteiger partial charge < -0.3 is 14.2 Å². The van der Waals surface area contributed by atoms with Gasteiger partial charge in [-0.25, -0.2) is 0 Å². The number of likely N-dealkylation sites (tertiary alicyclic amines) is 1. The topological polar surface area (TPSA) is 68.5 Å². The molecule has 2 unspecified atom stereocenters. The van der Waals surface area contributed by atoms with Crippen LogP contribution in [0.15, 0.2) is 45.6 Å². The van der Waals surface area contributed by atoms with E-state index < -0.39 is 6.10 Å². The third kappa shape index (κ3) is 3.84. The molecule has 2 aliphatic rings. The van der Waals surface area contributed by atoms with Gasteiger partial charge in [-0.15, -0.1) is 0 Å². The normalized spacial score (nSPS) is 21.7. The zero-order valence-electron chi connectivity index (χ0n) is 16.1. The summed E-state index contributed by atoms with van der Waals surface area (Å²) in [6, 6.07) is 10.1. The highest BCUT2D eigenvalue weighted by Crippen LogP contribution is 2.31. The van der Waals surface area contributed by atoms with Crippen molar-refractivity contribution in [3.63, 3.8) is 0 Å². The summed E-state index contributed by atoms with van der Waals surface area (Å²) < 4.78 is 11.4. The van der Waals surface area contributed by atoms with E-state index >= 15 is 0 Å². The first-order chi connectivity index (χ1) is 14.3. The van der Waals surface area contributed by atoms with Gasteiger partial charge in [0, 0.05) is 30.5 Å². The maximum Gasteiger partial charge on any atom is 0.256 e. The highest BCUT2D eigenvalue weighted by molar-refractivity contribution is 7.08. The summed E-state index contributed by atoms with van der Waals surface area (Å²) in [6.45, 7) is 2.08. The Kier molecular flexibility index (Phi) is 5.16. The van der Waals surface area contributed by atoms with Crippen molar-refractivity contribution in [1.29, 1.82) is 0 Å². The highest BCUT2D eigenvalue weighted by Gasteiger charge is 2.33. The lowest BCUT2D eigenvalue weighted by Crippen LogP contribution is -2.44. The molecule has 5 rings (SSSR count). The average Bonchev–Trinajstić information content (AvgIpc) is 3.45. The number of amides is 1. The molecule has 29 heavy (non-hydrogen) atoms. The lowest BCUT2D eigenvalue weighted by atomic mass is 9.92. The van der Waals surface area contributed by atoms with Crippen molar-refractivity contribution < 1.29 is 14.1 Å². The van der Waals surface area contributed by atoms with Crippen molar-refractivity contribution in [2.45, 2.75) is 31.8 Å². The Bertz CT molecular complexity index is 985. The summed E-state index contributed by atoms with van der Waals surface area (Å²) in [5, 5.41) is 8.11. The minimum absolute atomic E-state index is 0.0753. The lowest BCUT2D eigenvalue weighted by molar-refractivity contribution is -0.147. The second-order valence-electron chi connectivity index (χ2n) is 7.72. The van der Waals surface area contributed by atoms with Crippen LogP contribution in [0, 0.1) is 5.92 Å². The van der Waals surface area contributed by atoms with Gasteiger partial charge in [0.2, 0.25) is 11.7 Å². The summed E-state index contributed by atoms with van der Waals surface area (Å²) in [7, 11) is 0. The van der Waals surface area contributed by atoms with Gasteiger partial charge in [-0.3, -0.25) is 4.79 Å². The Labute approximate surface area is 173 Å². The molecule has 3 aromatic rings. The Morgan fingerprint density at radius 2 is 2.21 bits per heavy atom. The molecule has 2 aromatic heterocycles. The van der Waals surface area contributed by atoms with Crippen molar-refractivity contribution in [3.05, 3.63) is 58.1 Å².